The summed E-state index contributed by atoms with van der Waals surface area (Å²) in [6.45, 7) is 0.341. The van der Waals surface area contributed by atoms with E-state index in [1.54, 1.807) is 42.7 Å². The summed E-state index contributed by atoms with van der Waals surface area (Å²) in [5, 5.41) is 5.94. The van der Waals surface area contributed by atoms with E-state index in [-0.39, 0.29) is 16.7 Å². The molecule has 0 unspecified atom stereocenters. The number of benzene rings is 2. The number of amides is 2. The van der Waals surface area contributed by atoms with Crippen molar-refractivity contribution in [1.82, 2.24) is 10.3 Å². The fourth-order valence-corrected chi connectivity index (χ4v) is 4.17. The van der Waals surface area contributed by atoms with Crippen LogP contribution in [0.1, 0.15) is 11.1 Å². The average molecular weight is 430 g/mol. The second-order valence-electron chi connectivity index (χ2n) is 6.35. The van der Waals surface area contributed by atoms with E-state index >= 15 is 0 Å². The number of nitrogens with one attached hydrogen (secondary N) is 2. The van der Waals surface area contributed by atoms with Gasteiger partial charge in [0, 0.05) is 29.6 Å². The summed E-state index contributed by atoms with van der Waals surface area (Å²) in [6, 6.07) is 16.5. The molecule has 0 aliphatic carbocycles. The topological polar surface area (TPSA) is 88.2 Å². The molecule has 2 amide bonds. The van der Waals surface area contributed by atoms with Crippen LogP contribution in [0.4, 0.5) is 10.5 Å². The van der Waals surface area contributed by atoms with Gasteiger partial charge in [0.1, 0.15) is 0 Å². The molecular weight excluding hydrogens is 410 g/mol. The SMILES string of the molecule is O=C(NCc1cccnc1)Nc1ccc(S(=O)(=O)CCc2ccccc2Cl)cc1. The fourth-order valence-electron chi connectivity index (χ4n) is 2.67. The molecule has 0 radical (unpaired) electrons. The van der Waals surface area contributed by atoms with E-state index in [1.165, 1.54) is 12.1 Å². The summed E-state index contributed by atoms with van der Waals surface area (Å²) in [7, 11) is -3.46. The van der Waals surface area contributed by atoms with Gasteiger partial charge in [0.25, 0.3) is 0 Å². The minimum Gasteiger partial charge on any atom is -0.334 e. The quantitative estimate of drug-likeness (QED) is 0.592. The number of nitrogens with zero attached hydrogens (tertiary/aromatic N) is 1. The maximum atomic E-state index is 12.6. The number of halogens is 1. The van der Waals surface area contributed by atoms with Gasteiger partial charge in [0.15, 0.2) is 9.84 Å². The van der Waals surface area contributed by atoms with Gasteiger partial charge in [0.2, 0.25) is 0 Å². The first kappa shape index (κ1) is 20.8. The van der Waals surface area contributed by atoms with Gasteiger partial charge in [-0.25, -0.2) is 13.2 Å². The Balaban J connectivity index is 1.56. The Morgan fingerprint density at radius 2 is 1.76 bits per heavy atom. The molecule has 0 aliphatic heterocycles. The predicted octanol–water partition coefficient (Wildman–Crippen LogP) is 4.07. The summed E-state index contributed by atoms with van der Waals surface area (Å²) in [6.07, 6.45) is 3.66. The Hall–Kier alpha value is -2.90. The summed E-state index contributed by atoms with van der Waals surface area (Å²) in [5.74, 6) is -0.0465. The van der Waals surface area contributed by atoms with E-state index in [0.29, 0.717) is 23.7 Å². The number of carbonyl (C=O) groups is 1. The number of rotatable bonds is 7. The molecule has 0 aliphatic rings. The molecule has 29 heavy (non-hydrogen) atoms. The third kappa shape index (κ3) is 6.04. The normalized spacial score (nSPS) is 11.1. The van der Waals surface area contributed by atoms with Crippen molar-refractivity contribution in [3.63, 3.8) is 0 Å². The lowest BCUT2D eigenvalue weighted by atomic mass is 10.2. The highest BCUT2D eigenvalue weighted by molar-refractivity contribution is 7.91. The lowest BCUT2D eigenvalue weighted by Crippen LogP contribution is -2.28. The Morgan fingerprint density at radius 1 is 1.00 bits per heavy atom. The molecule has 0 saturated carbocycles. The largest absolute Gasteiger partial charge is 0.334 e. The lowest BCUT2D eigenvalue weighted by molar-refractivity contribution is 0.251. The first-order chi connectivity index (χ1) is 13.9. The van der Waals surface area contributed by atoms with Crippen molar-refractivity contribution in [3.05, 3.63) is 89.2 Å². The van der Waals surface area contributed by atoms with Crippen LogP contribution in [0.5, 0.6) is 0 Å². The first-order valence-corrected chi connectivity index (χ1v) is 11.0. The van der Waals surface area contributed by atoms with Crippen LogP contribution in [0.25, 0.3) is 0 Å². The molecule has 2 aromatic carbocycles. The van der Waals surface area contributed by atoms with E-state index in [4.69, 9.17) is 11.6 Å². The third-order valence-electron chi connectivity index (χ3n) is 4.25. The maximum absolute atomic E-state index is 12.6. The molecule has 2 N–H and O–H groups in total. The molecule has 3 rings (SSSR count). The molecule has 8 heteroatoms. The summed E-state index contributed by atoms with van der Waals surface area (Å²) < 4.78 is 25.1. The van der Waals surface area contributed by atoms with E-state index in [9.17, 15) is 13.2 Å². The summed E-state index contributed by atoms with van der Waals surface area (Å²) in [5.41, 5.74) is 2.17. The van der Waals surface area contributed by atoms with Crippen molar-refractivity contribution >= 4 is 33.2 Å². The fraction of sp³-hybridized carbons (Fsp3) is 0.143. The van der Waals surface area contributed by atoms with Crippen LogP contribution in [0.3, 0.4) is 0 Å². The van der Waals surface area contributed by atoms with Crippen LogP contribution in [0.2, 0.25) is 5.02 Å². The van der Waals surface area contributed by atoms with Gasteiger partial charge >= 0.3 is 6.03 Å². The standard InChI is InChI=1S/C21H20ClN3O3S/c22-20-6-2-1-5-17(20)11-13-29(27,28)19-9-7-18(8-10-19)25-21(26)24-15-16-4-3-12-23-14-16/h1-10,12,14H,11,13,15H2,(H2,24,25,26). The van der Waals surface area contributed by atoms with E-state index in [2.05, 4.69) is 15.6 Å². The van der Waals surface area contributed by atoms with Crippen LogP contribution in [0.15, 0.2) is 78.0 Å². The molecule has 0 bridgehead atoms. The maximum Gasteiger partial charge on any atom is 0.319 e. The number of aromatic nitrogens is 1. The van der Waals surface area contributed by atoms with Gasteiger partial charge in [0.05, 0.1) is 10.6 Å². The highest BCUT2D eigenvalue weighted by Gasteiger charge is 2.15. The van der Waals surface area contributed by atoms with Gasteiger partial charge in [-0.2, -0.15) is 0 Å². The van der Waals surface area contributed by atoms with Crippen molar-refractivity contribution in [1.29, 1.82) is 0 Å². The van der Waals surface area contributed by atoms with Crippen molar-refractivity contribution in [2.75, 3.05) is 11.1 Å². The first-order valence-electron chi connectivity index (χ1n) is 8.94. The summed E-state index contributed by atoms with van der Waals surface area (Å²) in [4.78, 5) is 16.2. The van der Waals surface area contributed by atoms with E-state index in [0.717, 1.165) is 11.1 Å². The van der Waals surface area contributed by atoms with Crippen molar-refractivity contribution < 1.29 is 13.2 Å². The third-order valence-corrected chi connectivity index (χ3v) is 6.35. The number of urea groups is 1. The van der Waals surface area contributed by atoms with Crippen molar-refractivity contribution in [2.24, 2.45) is 0 Å². The van der Waals surface area contributed by atoms with Crippen LogP contribution in [-0.2, 0) is 22.8 Å². The molecule has 3 aromatic rings. The molecular formula is C21H20ClN3O3S. The number of pyridine rings is 1. The number of sulfone groups is 1. The van der Waals surface area contributed by atoms with E-state index < -0.39 is 9.84 Å². The number of anilines is 1. The minimum atomic E-state index is -3.46. The molecule has 0 atom stereocenters. The monoisotopic (exact) mass is 429 g/mol. The van der Waals surface area contributed by atoms with Crippen molar-refractivity contribution in [3.8, 4) is 0 Å². The molecule has 0 fully saturated rings. The smallest absolute Gasteiger partial charge is 0.319 e. The van der Waals surface area contributed by atoms with Gasteiger partial charge in [-0.1, -0.05) is 35.9 Å². The van der Waals surface area contributed by atoms with Gasteiger partial charge in [-0.15, -0.1) is 0 Å². The minimum absolute atomic E-state index is 0.0465. The van der Waals surface area contributed by atoms with E-state index in [1.807, 2.05) is 18.2 Å². The molecule has 0 spiro atoms. The molecule has 6 nitrogen and oxygen atoms in total. The molecule has 0 saturated heterocycles. The lowest BCUT2D eigenvalue weighted by Gasteiger charge is -2.09. The molecule has 150 valence electrons. The van der Waals surface area contributed by atoms with Gasteiger partial charge < -0.3 is 10.6 Å². The number of hydrogen-bond donors (Lipinski definition) is 2. The Morgan fingerprint density at radius 3 is 2.45 bits per heavy atom. The second-order valence-corrected chi connectivity index (χ2v) is 8.87. The Kier molecular flexibility index (Phi) is 6.85. The van der Waals surface area contributed by atoms with Crippen LogP contribution in [-0.4, -0.2) is 25.2 Å². The Labute approximate surface area is 174 Å². The predicted molar refractivity (Wildman–Crippen MR) is 114 cm³/mol. The zero-order valence-electron chi connectivity index (χ0n) is 15.5. The Bertz CT molecular complexity index is 1070. The van der Waals surface area contributed by atoms with Crippen LogP contribution >= 0.6 is 11.6 Å². The van der Waals surface area contributed by atoms with Gasteiger partial charge in [-0.05, 0) is 53.9 Å². The number of hydrogen-bond acceptors (Lipinski definition) is 4. The number of carbonyl (C=O) groups excluding carboxylic acids is 1. The average Bonchev–Trinajstić information content (AvgIpc) is 2.73. The molecule has 1 aromatic heterocycles. The van der Waals surface area contributed by atoms with Gasteiger partial charge in [-0.3, -0.25) is 4.98 Å². The molecule has 1 heterocycles. The van der Waals surface area contributed by atoms with Crippen LogP contribution < -0.4 is 10.6 Å². The summed E-state index contributed by atoms with van der Waals surface area (Å²) >= 11 is 6.09. The number of aryl methyl sites for hydroxylation is 1. The highest BCUT2D eigenvalue weighted by Crippen LogP contribution is 2.20. The zero-order valence-corrected chi connectivity index (χ0v) is 17.1. The second kappa shape index (κ2) is 9.54. The van der Waals surface area contributed by atoms with Crippen molar-refractivity contribution in [2.45, 2.75) is 17.9 Å². The van der Waals surface area contributed by atoms with Crippen LogP contribution in [0, 0.1) is 0 Å². The highest BCUT2D eigenvalue weighted by atomic mass is 35.5. The zero-order chi connectivity index (χ0) is 20.7.